The van der Waals surface area contributed by atoms with Crippen molar-refractivity contribution in [1.29, 1.82) is 0 Å². The third-order valence-electron chi connectivity index (χ3n) is 2.92. The van der Waals surface area contributed by atoms with Crippen molar-refractivity contribution in [3.63, 3.8) is 0 Å². The Hall–Kier alpha value is -1.62. The zero-order valence-corrected chi connectivity index (χ0v) is 12.7. The average Bonchev–Trinajstić information content (AvgIpc) is 2.35. The van der Waals surface area contributed by atoms with Crippen molar-refractivity contribution in [2.75, 3.05) is 18.5 Å². The number of anilines is 1. The van der Waals surface area contributed by atoms with E-state index in [2.05, 4.69) is 26.1 Å². The van der Waals surface area contributed by atoms with Gasteiger partial charge < -0.3 is 10.1 Å². The molecule has 0 radical (unpaired) electrons. The third-order valence-corrected chi connectivity index (χ3v) is 2.92. The molecule has 112 valence electrons. The van der Waals surface area contributed by atoms with Crippen LogP contribution in [0, 0.1) is 15.5 Å². The Morgan fingerprint density at radius 1 is 1.35 bits per heavy atom. The van der Waals surface area contributed by atoms with Crippen LogP contribution in [-0.2, 0) is 11.3 Å². The summed E-state index contributed by atoms with van der Waals surface area (Å²) in [7, 11) is 0. The van der Waals surface area contributed by atoms with Crippen molar-refractivity contribution < 1.29 is 9.66 Å². The summed E-state index contributed by atoms with van der Waals surface area (Å²) >= 11 is 0. The molecular formula is C15H24N2O3. The predicted octanol–water partition coefficient (Wildman–Crippen LogP) is 3.98. The first-order valence-corrected chi connectivity index (χ1v) is 6.92. The Morgan fingerprint density at radius 2 is 2.05 bits per heavy atom. The quantitative estimate of drug-likeness (QED) is 0.466. The van der Waals surface area contributed by atoms with Crippen LogP contribution in [0.25, 0.3) is 0 Å². The van der Waals surface area contributed by atoms with Crippen molar-refractivity contribution in [2.24, 2.45) is 5.41 Å². The zero-order valence-electron chi connectivity index (χ0n) is 12.7. The second-order valence-electron chi connectivity index (χ2n) is 5.99. The molecule has 0 aliphatic heterocycles. The molecule has 0 heterocycles. The number of hydrogen-bond acceptors (Lipinski definition) is 4. The first-order valence-electron chi connectivity index (χ1n) is 6.92. The van der Waals surface area contributed by atoms with Gasteiger partial charge in [0.25, 0.3) is 5.69 Å². The van der Waals surface area contributed by atoms with E-state index in [9.17, 15) is 10.1 Å². The van der Waals surface area contributed by atoms with Gasteiger partial charge in [0, 0.05) is 36.5 Å². The van der Waals surface area contributed by atoms with Gasteiger partial charge in [-0.3, -0.25) is 10.1 Å². The van der Waals surface area contributed by atoms with Gasteiger partial charge in [0.2, 0.25) is 0 Å². The third kappa shape index (κ3) is 5.57. The van der Waals surface area contributed by atoms with Crippen molar-refractivity contribution >= 4 is 11.4 Å². The van der Waals surface area contributed by atoms with Gasteiger partial charge in [0.05, 0.1) is 11.5 Å². The molecule has 0 atom stereocenters. The van der Waals surface area contributed by atoms with E-state index in [1.807, 2.05) is 6.92 Å². The Labute approximate surface area is 120 Å². The number of nitrogens with one attached hydrogen (secondary N) is 1. The molecule has 0 fully saturated rings. The van der Waals surface area contributed by atoms with Crippen LogP contribution in [0.5, 0.6) is 0 Å². The Kier molecular flexibility index (Phi) is 5.95. The molecule has 20 heavy (non-hydrogen) atoms. The van der Waals surface area contributed by atoms with Crippen molar-refractivity contribution in [2.45, 2.75) is 40.7 Å². The maximum atomic E-state index is 10.8. The van der Waals surface area contributed by atoms with Crippen LogP contribution in [0.15, 0.2) is 18.2 Å². The molecule has 0 bridgehead atoms. The number of hydrogen-bond donors (Lipinski definition) is 1. The Morgan fingerprint density at radius 3 is 2.60 bits per heavy atom. The first kappa shape index (κ1) is 16.4. The van der Waals surface area contributed by atoms with E-state index < -0.39 is 0 Å². The minimum Gasteiger partial charge on any atom is -0.385 e. The minimum absolute atomic E-state index is 0.0982. The van der Waals surface area contributed by atoms with E-state index >= 15 is 0 Å². The van der Waals surface area contributed by atoms with Crippen LogP contribution in [0.4, 0.5) is 11.4 Å². The lowest BCUT2D eigenvalue weighted by Gasteiger charge is -2.18. The van der Waals surface area contributed by atoms with Gasteiger partial charge in [-0.1, -0.05) is 20.8 Å². The number of benzene rings is 1. The van der Waals surface area contributed by atoms with Gasteiger partial charge in [-0.25, -0.2) is 0 Å². The highest BCUT2D eigenvalue weighted by atomic mass is 16.6. The molecule has 0 amide bonds. The number of nitro benzene ring substituents is 1. The summed E-state index contributed by atoms with van der Waals surface area (Å²) in [5, 5.41) is 14.0. The summed E-state index contributed by atoms with van der Waals surface area (Å²) in [4.78, 5) is 10.4. The normalized spacial score (nSPS) is 11.4. The van der Waals surface area contributed by atoms with E-state index in [1.165, 1.54) is 6.07 Å². The molecule has 5 heteroatoms. The molecule has 0 aliphatic carbocycles. The van der Waals surface area contributed by atoms with Gasteiger partial charge in [-0.2, -0.15) is 0 Å². The van der Waals surface area contributed by atoms with Gasteiger partial charge in [0.1, 0.15) is 0 Å². The second kappa shape index (κ2) is 7.24. The Balaban J connectivity index is 2.69. The summed E-state index contributed by atoms with van der Waals surface area (Å²) in [6, 6.07) is 4.83. The van der Waals surface area contributed by atoms with Crippen molar-refractivity contribution in [3.8, 4) is 0 Å². The predicted molar refractivity (Wildman–Crippen MR) is 81.0 cm³/mol. The highest BCUT2D eigenvalue weighted by Crippen LogP contribution is 2.24. The van der Waals surface area contributed by atoms with Gasteiger partial charge in [-0.15, -0.1) is 0 Å². The monoisotopic (exact) mass is 280 g/mol. The molecule has 0 aromatic heterocycles. The SMILES string of the molecule is CCNc1ccc([N+](=O)[O-])cc1COCCC(C)(C)C. The van der Waals surface area contributed by atoms with E-state index in [-0.39, 0.29) is 16.0 Å². The lowest BCUT2D eigenvalue weighted by atomic mass is 9.93. The number of nitrogens with zero attached hydrogens (tertiary/aromatic N) is 1. The molecule has 1 rings (SSSR count). The maximum Gasteiger partial charge on any atom is 0.269 e. The second-order valence-corrected chi connectivity index (χ2v) is 5.99. The number of non-ortho nitro benzene ring substituents is 1. The lowest BCUT2D eigenvalue weighted by molar-refractivity contribution is -0.384. The molecule has 1 aromatic carbocycles. The van der Waals surface area contributed by atoms with Crippen LogP contribution in [-0.4, -0.2) is 18.1 Å². The van der Waals surface area contributed by atoms with Gasteiger partial charge in [-0.05, 0) is 24.8 Å². The van der Waals surface area contributed by atoms with E-state index in [4.69, 9.17) is 4.74 Å². The summed E-state index contributed by atoms with van der Waals surface area (Å²) in [6.07, 6.45) is 0.957. The molecular weight excluding hydrogens is 256 g/mol. The lowest BCUT2D eigenvalue weighted by Crippen LogP contribution is -2.10. The summed E-state index contributed by atoms with van der Waals surface area (Å²) in [6.45, 7) is 10.3. The zero-order chi connectivity index (χ0) is 15.2. The fraction of sp³-hybridized carbons (Fsp3) is 0.600. The highest BCUT2D eigenvalue weighted by Gasteiger charge is 2.12. The smallest absolute Gasteiger partial charge is 0.269 e. The number of nitro groups is 1. The largest absolute Gasteiger partial charge is 0.385 e. The van der Waals surface area contributed by atoms with Gasteiger partial charge >= 0.3 is 0 Å². The standard InChI is InChI=1S/C15H24N2O3/c1-5-16-14-7-6-13(17(18)19)10-12(14)11-20-9-8-15(2,3)4/h6-7,10,16H,5,8-9,11H2,1-4H3. The van der Waals surface area contributed by atoms with Crippen molar-refractivity contribution in [1.82, 2.24) is 0 Å². The minimum atomic E-state index is -0.381. The van der Waals surface area contributed by atoms with E-state index in [1.54, 1.807) is 12.1 Å². The molecule has 1 N–H and O–H groups in total. The first-order chi connectivity index (χ1) is 9.33. The molecule has 1 aromatic rings. The van der Waals surface area contributed by atoms with E-state index in [0.29, 0.717) is 13.2 Å². The number of rotatable bonds is 7. The Bertz CT molecular complexity index is 453. The topological polar surface area (TPSA) is 64.4 Å². The van der Waals surface area contributed by atoms with Crippen molar-refractivity contribution in [3.05, 3.63) is 33.9 Å². The van der Waals surface area contributed by atoms with Crippen LogP contribution >= 0.6 is 0 Å². The molecule has 0 aliphatic rings. The molecule has 0 spiro atoms. The summed E-state index contributed by atoms with van der Waals surface area (Å²) in [5.74, 6) is 0. The van der Waals surface area contributed by atoms with E-state index in [0.717, 1.165) is 24.2 Å². The molecule has 0 unspecified atom stereocenters. The fourth-order valence-corrected chi connectivity index (χ4v) is 1.74. The fourth-order valence-electron chi connectivity index (χ4n) is 1.74. The summed E-state index contributed by atoms with van der Waals surface area (Å²) < 4.78 is 5.65. The van der Waals surface area contributed by atoms with Gasteiger partial charge in [0.15, 0.2) is 0 Å². The maximum absolute atomic E-state index is 10.8. The average molecular weight is 280 g/mol. The van der Waals surface area contributed by atoms with Crippen LogP contribution in [0.2, 0.25) is 0 Å². The van der Waals surface area contributed by atoms with Crippen LogP contribution in [0.3, 0.4) is 0 Å². The molecule has 0 saturated carbocycles. The van der Waals surface area contributed by atoms with Crippen LogP contribution in [0.1, 0.15) is 39.7 Å². The van der Waals surface area contributed by atoms with Crippen LogP contribution < -0.4 is 5.32 Å². The number of ether oxygens (including phenoxy) is 1. The molecule has 5 nitrogen and oxygen atoms in total. The highest BCUT2D eigenvalue weighted by molar-refractivity contribution is 5.55. The summed E-state index contributed by atoms with van der Waals surface area (Å²) in [5.41, 5.74) is 2.05. The molecule has 0 saturated heterocycles.